The van der Waals surface area contributed by atoms with Gasteiger partial charge in [-0.05, 0) is 64.2 Å². The van der Waals surface area contributed by atoms with Crippen molar-refractivity contribution in [3.05, 3.63) is 200 Å². The van der Waals surface area contributed by atoms with Gasteiger partial charge in [0.15, 0.2) is 5.82 Å². The Bertz CT molecular complexity index is 2390. The van der Waals surface area contributed by atoms with Crippen molar-refractivity contribution >= 4 is 0 Å². The molecule has 0 saturated heterocycles. The number of rotatable bonds is 8. The summed E-state index contributed by atoms with van der Waals surface area (Å²) in [6.45, 7) is 0. The molecule has 54 heavy (non-hydrogen) atoms. The normalized spacial score (nSPS) is 11.0. The second-order valence-electron chi connectivity index (χ2n) is 12.9. The third kappa shape index (κ3) is 6.58. The third-order valence-corrected chi connectivity index (χ3v) is 9.45. The molecule has 9 aromatic rings. The molecule has 0 radical (unpaired) electrons. The number of benzene rings is 5. The zero-order valence-corrected chi connectivity index (χ0v) is 29.3. The number of nitrogens with zero attached hydrogens (tertiary/aromatic N) is 5. The first-order valence-corrected chi connectivity index (χ1v) is 17.9. The summed E-state index contributed by atoms with van der Waals surface area (Å²) in [6.07, 6.45) is 3.63. The van der Waals surface area contributed by atoms with Crippen molar-refractivity contribution in [1.82, 2.24) is 24.9 Å². The molecule has 0 N–H and O–H groups in total. The molecular formula is C49H33N5. The third-order valence-electron chi connectivity index (χ3n) is 9.45. The maximum atomic E-state index is 5.19. The second kappa shape index (κ2) is 14.7. The molecule has 254 valence electrons. The summed E-state index contributed by atoms with van der Waals surface area (Å²) < 4.78 is 0. The lowest BCUT2D eigenvalue weighted by Crippen LogP contribution is -1.99. The van der Waals surface area contributed by atoms with Crippen LogP contribution in [-0.2, 0) is 0 Å². The van der Waals surface area contributed by atoms with Crippen LogP contribution in [0.1, 0.15) is 0 Å². The standard InChI is InChI=1S/C49H33N5/c1-4-17-34(18-5-1)37-31-46(43-28-14-15-29-50-43)52-47(32-37)48-41(27-16-30-51-48)39-24-11-10-23-38(39)40-25-12-13-26-42(40)49-53-44(35-19-6-2-7-20-35)33-45(54-49)36-21-8-3-9-22-36/h1-33H. The molecule has 0 amide bonds. The van der Waals surface area contributed by atoms with E-state index < -0.39 is 0 Å². The Balaban J connectivity index is 1.22. The van der Waals surface area contributed by atoms with E-state index in [4.69, 9.17) is 19.9 Å². The van der Waals surface area contributed by atoms with E-state index in [0.29, 0.717) is 5.82 Å². The van der Waals surface area contributed by atoms with Crippen molar-refractivity contribution in [2.75, 3.05) is 0 Å². The number of hydrogen-bond acceptors (Lipinski definition) is 5. The van der Waals surface area contributed by atoms with Crippen LogP contribution in [0.3, 0.4) is 0 Å². The molecule has 0 aliphatic carbocycles. The maximum absolute atomic E-state index is 5.19. The van der Waals surface area contributed by atoms with Crippen molar-refractivity contribution in [2.24, 2.45) is 0 Å². The van der Waals surface area contributed by atoms with Gasteiger partial charge in [-0.1, -0.05) is 152 Å². The molecule has 5 heteroatoms. The zero-order chi connectivity index (χ0) is 36.1. The van der Waals surface area contributed by atoms with Gasteiger partial charge in [0.05, 0.1) is 34.2 Å². The lowest BCUT2D eigenvalue weighted by atomic mass is 9.90. The number of pyridine rings is 3. The first-order chi connectivity index (χ1) is 26.8. The van der Waals surface area contributed by atoms with E-state index in [1.165, 1.54) is 0 Å². The minimum atomic E-state index is 0.657. The zero-order valence-electron chi connectivity index (χ0n) is 29.3. The highest BCUT2D eigenvalue weighted by Gasteiger charge is 2.20. The second-order valence-corrected chi connectivity index (χ2v) is 12.9. The number of aromatic nitrogens is 5. The fourth-order valence-electron chi connectivity index (χ4n) is 6.87. The van der Waals surface area contributed by atoms with Crippen LogP contribution in [-0.4, -0.2) is 24.9 Å². The number of hydrogen-bond donors (Lipinski definition) is 0. The van der Waals surface area contributed by atoms with E-state index >= 15 is 0 Å². The van der Waals surface area contributed by atoms with Gasteiger partial charge in [0.25, 0.3) is 0 Å². The molecule has 0 spiro atoms. The van der Waals surface area contributed by atoms with Crippen LogP contribution in [0.2, 0.25) is 0 Å². The van der Waals surface area contributed by atoms with Crippen LogP contribution in [0.15, 0.2) is 200 Å². The monoisotopic (exact) mass is 691 g/mol. The molecule has 0 aliphatic rings. The van der Waals surface area contributed by atoms with Crippen LogP contribution in [0.25, 0.3) is 90.1 Å². The summed E-state index contributed by atoms with van der Waals surface area (Å²) in [4.78, 5) is 25.2. The predicted molar refractivity (Wildman–Crippen MR) is 219 cm³/mol. The van der Waals surface area contributed by atoms with Gasteiger partial charge in [-0.25, -0.2) is 15.0 Å². The lowest BCUT2D eigenvalue weighted by Gasteiger charge is -2.17. The summed E-state index contributed by atoms with van der Waals surface area (Å²) in [5.74, 6) is 0.657. The highest BCUT2D eigenvalue weighted by atomic mass is 14.9. The van der Waals surface area contributed by atoms with Gasteiger partial charge in [0.2, 0.25) is 0 Å². The molecule has 4 heterocycles. The minimum absolute atomic E-state index is 0.657. The molecule has 5 aromatic carbocycles. The quantitative estimate of drug-likeness (QED) is 0.159. The average Bonchev–Trinajstić information content (AvgIpc) is 3.27. The SMILES string of the molecule is c1ccc(-c2cc(-c3ccccn3)nc(-c3ncccc3-c3ccccc3-c3ccccc3-c3nc(-c4ccccc4)cc(-c4ccccc4)n3)c2)cc1. The predicted octanol–water partition coefficient (Wildman–Crippen LogP) is 12.0. The van der Waals surface area contributed by atoms with Gasteiger partial charge in [-0.2, -0.15) is 0 Å². The average molecular weight is 692 g/mol. The minimum Gasteiger partial charge on any atom is -0.255 e. The van der Waals surface area contributed by atoms with Crippen LogP contribution >= 0.6 is 0 Å². The smallest absolute Gasteiger partial charge is 0.161 e. The Morgan fingerprint density at radius 2 is 0.741 bits per heavy atom. The van der Waals surface area contributed by atoms with Crippen molar-refractivity contribution in [1.29, 1.82) is 0 Å². The summed E-state index contributed by atoms with van der Waals surface area (Å²) >= 11 is 0. The highest BCUT2D eigenvalue weighted by Crippen LogP contribution is 2.41. The molecule has 0 bridgehead atoms. The molecule has 5 nitrogen and oxygen atoms in total. The van der Waals surface area contributed by atoms with Crippen LogP contribution < -0.4 is 0 Å². The largest absolute Gasteiger partial charge is 0.255 e. The topological polar surface area (TPSA) is 64.5 Å². The van der Waals surface area contributed by atoms with E-state index in [2.05, 4.69) is 126 Å². The van der Waals surface area contributed by atoms with Gasteiger partial charge in [-0.15, -0.1) is 0 Å². The maximum Gasteiger partial charge on any atom is 0.161 e. The van der Waals surface area contributed by atoms with E-state index in [0.717, 1.165) is 84.2 Å². The van der Waals surface area contributed by atoms with E-state index in [1.54, 1.807) is 6.20 Å². The summed E-state index contributed by atoms with van der Waals surface area (Å²) in [7, 11) is 0. The Labute approximate surface area is 314 Å². The van der Waals surface area contributed by atoms with Gasteiger partial charge in [-0.3, -0.25) is 9.97 Å². The summed E-state index contributed by atoms with van der Waals surface area (Å²) in [6, 6.07) is 64.1. The molecule has 9 rings (SSSR count). The van der Waals surface area contributed by atoms with Crippen molar-refractivity contribution in [2.45, 2.75) is 0 Å². The molecule has 4 aromatic heterocycles. The van der Waals surface area contributed by atoms with Crippen molar-refractivity contribution in [3.8, 4) is 90.1 Å². The van der Waals surface area contributed by atoms with Crippen LogP contribution in [0, 0.1) is 0 Å². The van der Waals surface area contributed by atoms with Crippen LogP contribution in [0.4, 0.5) is 0 Å². The molecular weight excluding hydrogens is 659 g/mol. The first-order valence-electron chi connectivity index (χ1n) is 17.9. The van der Waals surface area contributed by atoms with Crippen LogP contribution in [0.5, 0.6) is 0 Å². The Hall–Kier alpha value is -7.37. The van der Waals surface area contributed by atoms with Gasteiger partial charge >= 0.3 is 0 Å². The lowest BCUT2D eigenvalue weighted by molar-refractivity contribution is 1.18. The highest BCUT2D eigenvalue weighted by molar-refractivity contribution is 5.94. The molecule has 0 aliphatic heterocycles. The Morgan fingerprint density at radius 1 is 0.259 bits per heavy atom. The van der Waals surface area contributed by atoms with Crippen molar-refractivity contribution in [3.63, 3.8) is 0 Å². The van der Waals surface area contributed by atoms with Crippen molar-refractivity contribution < 1.29 is 0 Å². The fraction of sp³-hybridized carbons (Fsp3) is 0. The van der Waals surface area contributed by atoms with Gasteiger partial charge in [0, 0.05) is 34.6 Å². The molecule has 0 unspecified atom stereocenters. The summed E-state index contributed by atoms with van der Waals surface area (Å²) in [5.41, 5.74) is 14.1. The van der Waals surface area contributed by atoms with E-state index in [1.807, 2.05) is 72.9 Å². The fourth-order valence-corrected chi connectivity index (χ4v) is 6.87. The summed E-state index contributed by atoms with van der Waals surface area (Å²) in [5, 5.41) is 0. The Morgan fingerprint density at radius 3 is 1.35 bits per heavy atom. The van der Waals surface area contributed by atoms with Gasteiger partial charge in [0.1, 0.15) is 0 Å². The molecule has 0 atom stereocenters. The van der Waals surface area contributed by atoms with E-state index in [-0.39, 0.29) is 0 Å². The van der Waals surface area contributed by atoms with E-state index in [9.17, 15) is 0 Å². The molecule has 0 saturated carbocycles. The van der Waals surface area contributed by atoms with Gasteiger partial charge < -0.3 is 0 Å². The Kier molecular flexibility index (Phi) is 8.86. The first kappa shape index (κ1) is 32.5. The molecule has 0 fully saturated rings.